The molecule has 0 saturated heterocycles. The average molecular weight is 289 g/mol. The number of rotatable bonds is 3. The fourth-order valence-corrected chi connectivity index (χ4v) is 2.95. The van der Waals surface area contributed by atoms with Crippen LogP contribution in [0.15, 0.2) is 35.8 Å². The number of aromatic nitrogens is 1. The molecule has 0 fully saturated rings. The largest absolute Gasteiger partial charge is 0.493 e. The number of para-hydroxylation sites is 1. The third-order valence-corrected chi connectivity index (χ3v) is 4.27. The number of benzene rings is 1. The van der Waals surface area contributed by atoms with Gasteiger partial charge in [-0.05, 0) is 19.4 Å². The smallest absolute Gasteiger partial charge is 0.314 e. The third kappa shape index (κ3) is 2.54. The van der Waals surface area contributed by atoms with Crippen LogP contribution in [0.2, 0.25) is 0 Å². The van der Waals surface area contributed by atoms with Gasteiger partial charge in [0.15, 0.2) is 6.10 Å². The lowest BCUT2D eigenvalue weighted by Crippen LogP contribution is -2.24. The van der Waals surface area contributed by atoms with Crippen molar-refractivity contribution in [3.63, 3.8) is 0 Å². The van der Waals surface area contributed by atoms with E-state index in [-0.39, 0.29) is 18.0 Å². The highest BCUT2D eigenvalue weighted by Crippen LogP contribution is 2.35. The van der Waals surface area contributed by atoms with Crippen LogP contribution in [0.3, 0.4) is 0 Å². The molecule has 2 aromatic rings. The van der Waals surface area contributed by atoms with Crippen LogP contribution in [0.5, 0.6) is 5.75 Å². The van der Waals surface area contributed by atoms with E-state index in [1.54, 1.807) is 6.20 Å². The highest BCUT2D eigenvalue weighted by molar-refractivity contribution is 7.09. The van der Waals surface area contributed by atoms with E-state index in [9.17, 15) is 4.79 Å². The minimum Gasteiger partial charge on any atom is -0.493 e. The van der Waals surface area contributed by atoms with E-state index in [4.69, 9.17) is 9.47 Å². The van der Waals surface area contributed by atoms with Gasteiger partial charge >= 0.3 is 5.97 Å². The molecule has 0 bridgehead atoms. The molecule has 0 radical (unpaired) electrons. The van der Waals surface area contributed by atoms with Gasteiger partial charge in [-0.3, -0.25) is 4.79 Å². The van der Waals surface area contributed by atoms with Crippen molar-refractivity contribution < 1.29 is 14.3 Å². The zero-order valence-electron chi connectivity index (χ0n) is 11.1. The lowest BCUT2D eigenvalue weighted by molar-refractivity contribution is -0.151. The molecule has 5 heteroatoms. The zero-order valence-corrected chi connectivity index (χ0v) is 11.9. The molecule has 2 atom stereocenters. The Kier molecular flexibility index (Phi) is 3.69. The van der Waals surface area contributed by atoms with Crippen LogP contribution in [0.4, 0.5) is 0 Å². The van der Waals surface area contributed by atoms with Crippen LogP contribution in [0.25, 0.3) is 0 Å². The van der Waals surface area contributed by atoms with Crippen molar-refractivity contribution in [3.05, 3.63) is 46.4 Å². The second-order valence-corrected chi connectivity index (χ2v) is 5.60. The van der Waals surface area contributed by atoms with Gasteiger partial charge in [-0.15, -0.1) is 11.3 Å². The Balaban J connectivity index is 1.75. The molecule has 1 aromatic carbocycles. The van der Waals surface area contributed by atoms with Gasteiger partial charge in [0.25, 0.3) is 0 Å². The Morgan fingerprint density at radius 3 is 3.15 bits per heavy atom. The topological polar surface area (TPSA) is 48.4 Å². The molecular weight excluding hydrogens is 274 g/mol. The summed E-state index contributed by atoms with van der Waals surface area (Å²) in [7, 11) is 0. The molecule has 0 N–H and O–H groups in total. The van der Waals surface area contributed by atoms with E-state index < -0.39 is 0 Å². The molecule has 0 saturated carbocycles. The van der Waals surface area contributed by atoms with E-state index in [1.807, 2.05) is 36.6 Å². The van der Waals surface area contributed by atoms with Crippen molar-refractivity contribution in [1.29, 1.82) is 0 Å². The quantitative estimate of drug-likeness (QED) is 0.813. The fraction of sp³-hybridized carbons (Fsp3) is 0.333. The predicted octanol–water partition coefficient (Wildman–Crippen LogP) is 3.31. The van der Waals surface area contributed by atoms with Crippen molar-refractivity contribution in [3.8, 4) is 5.75 Å². The molecule has 4 nitrogen and oxygen atoms in total. The summed E-state index contributed by atoms with van der Waals surface area (Å²) in [4.78, 5) is 16.5. The highest BCUT2D eigenvalue weighted by atomic mass is 32.1. The van der Waals surface area contributed by atoms with E-state index in [1.165, 1.54) is 11.3 Å². The van der Waals surface area contributed by atoms with Gasteiger partial charge in [0, 0.05) is 17.1 Å². The molecule has 104 valence electrons. The molecule has 0 spiro atoms. The number of fused-ring (bicyclic) bond motifs is 1. The van der Waals surface area contributed by atoms with E-state index in [2.05, 4.69) is 4.98 Å². The van der Waals surface area contributed by atoms with Crippen molar-refractivity contribution in [1.82, 2.24) is 4.98 Å². The summed E-state index contributed by atoms with van der Waals surface area (Å²) < 4.78 is 11.1. The normalized spacial score (nSPS) is 18.8. The van der Waals surface area contributed by atoms with Crippen molar-refractivity contribution in [2.75, 3.05) is 6.61 Å². The number of carbonyl (C=O) groups excluding carboxylic acids is 1. The summed E-state index contributed by atoms with van der Waals surface area (Å²) in [5, 5.41) is 2.70. The summed E-state index contributed by atoms with van der Waals surface area (Å²) in [5.74, 6) is 0.327. The minimum absolute atomic E-state index is 0.205. The first-order valence-electron chi connectivity index (χ1n) is 6.57. The zero-order chi connectivity index (χ0) is 13.9. The van der Waals surface area contributed by atoms with Crippen LogP contribution in [0.1, 0.15) is 35.9 Å². The Labute approximate surface area is 121 Å². The number of ether oxygens (including phenoxy) is 2. The maximum Gasteiger partial charge on any atom is 0.314 e. The van der Waals surface area contributed by atoms with Gasteiger partial charge in [0.05, 0.1) is 12.5 Å². The van der Waals surface area contributed by atoms with Gasteiger partial charge in [-0.1, -0.05) is 18.2 Å². The molecule has 0 unspecified atom stereocenters. The second kappa shape index (κ2) is 5.63. The second-order valence-electron chi connectivity index (χ2n) is 4.68. The molecule has 1 aliphatic heterocycles. The molecule has 3 rings (SSSR count). The summed E-state index contributed by atoms with van der Waals surface area (Å²) in [6, 6.07) is 7.64. The fourth-order valence-electron chi connectivity index (χ4n) is 2.33. The Bertz CT molecular complexity index is 597. The number of thiazole rings is 1. The van der Waals surface area contributed by atoms with Crippen molar-refractivity contribution in [2.24, 2.45) is 0 Å². The van der Waals surface area contributed by atoms with Crippen LogP contribution >= 0.6 is 11.3 Å². The molecule has 20 heavy (non-hydrogen) atoms. The number of hydrogen-bond donors (Lipinski definition) is 0. The van der Waals surface area contributed by atoms with Crippen LogP contribution < -0.4 is 4.74 Å². The van der Waals surface area contributed by atoms with E-state index in [0.717, 1.165) is 16.3 Å². The maximum absolute atomic E-state index is 12.4. The summed E-state index contributed by atoms with van der Waals surface area (Å²) in [5.41, 5.74) is 0.912. The first-order valence-corrected chi connectivity index (χ1v) is 7.45. The number of carbonyl (C=O) groups is 1. The first-order chi connectivity index (χ1) is 9.75. The maximum atomic E-state index is 12.4. The lowest BCUT2D eigenvalue weighted by Gasteiger charge is -2.25. The Morgan fingerprint density at radius 1 is 1.50 bits per heavy atom. The first kappa shape index (κ1) is 13.1. The summed E-state index contributed by atoms with van der Waals surface area (Å²) in [6.07, 6.45) is 2.06. The number of nitrogens with zero attached hydrogens (tertiary/aromatic N) is 1. The summed E-state index contributed by atoms with van der Waals surface area (Å²) >= 11 is 1.49. The average Bonchev–Trinajstić information content (AvgIpc) is 3.01. The Morgan fingerprint density at radius 2 is 2.35 bits per heavy atom. The lowest BCUT2D eigenvalue weighted by atomic mass is 9.93. The minimum atomic E-state index is -0.308. The standard InChI is InChI=1S/C15H15NO3S/c1-10(14-16-7-9-20-14)19-15(17)12-6-8-18-13-5-3-2-4-11(12)13/h2-5,7,9-10,12H,6,8H2,1H3/t10-,12+/m1/s1. The van der Waals surface area contributed by atoms with Gasteiger partial charge < -0.3 is 9.47 Å². The van der Waals surface area contributed by atoms with Crippen molar-refractivity contribution in [2.45, 2.75) is 25.4 Å². The number of hydrogen-bond acceptors (Lipinski definition) is 5. The van der Waals surface area contributed by atoms with E-state index >= 15 is 0 Å². The van der Waals surface area contributed by atoms with Gasteiger partial charge in [0.1, 0.15) is 10.8 Å². The molecule has 1 aliphatic rings. The molecule has 2 heterocycles. The van der Waals surface area contributed by atoms with Gasteiger partial charge in [-0.25, -0.2) is 4.98 Å². The molecular formula is C15H15NO3S. The van der Waals surface area contributed by atoms with Crippen LogP contribution in [0, 0.1) is 0 Å². The van der Waals surface area contributed by atoms with Crippen molar-refractivity contribution >= 4 is 17.3 Å². The monoisotopic (exact) mass is 289 g/mol. The number of esters is 1. The van der Waals surface area contributed by atoms with Crippen LogP contribution in [-0.2, 0) is 9.53 Å². The third-order valence-electron chi connectivity index (χ3n) is 3.34. The van der Waals surface area contributed by atoms with E-state index in [0.29, 0.717) is 13.0 Å². The predicted molar refractivity (Wildman–Crippen MR) is 75.9 cm³/mol. The molecule has 0 amide bonds. The summed E-state index contributed by atoms with van der Waals surface area (Å²) in [6.45, 7) is 2.39. The van der Waals surface area contributed by atoms with Gasteiger partial charge in [-0.2, -0.15) is 0 Å². The molecule has 1 aromatic heterocycles. The Hall–Kier alpha value is -1.88. The molecule has 0 aliphatic carbocycles. The van der Waals surface area contributed by atoms with Crippen LogP contribution in [-0.4, -0.2) is 17.6 Å². The SMILES string of the molecule is C[C@@H](OC(=O)[C@H]1CCOc2ccccc21)c1nccs1. The van der Waals surface area contributed by atoms with Gasteiger partial charge in [0.2, 0.25) is 0 Å². The highest BCUT2D eigenvalue weighted by Gasteiger charge is 2.30.